The molecule has 3 aliphatic rings. The summed E-state index contributed by atoms with van der Waals surface area (Å²) in [6, 6.07) is 0. The Bertz CT molecular complexity index is 499. The van der Waals surface area contributed by atoms with Crippen molar-refractivity contribution >= 4 is 10.2 Å². The Labute approximate surface area is 118 Å². The van der Waals surface area contributed by atoms with Crippen LogP contribution in [0.5, 0.6) is 0 Å². The van der Waals surface area contributed by atoms with Gasteiger partial charge in [0.1, 0.15) is 0 Å². The molecule has 0 aromatic carbocycles. The first-order valence-corrected chi connectivity index (χ1v) is 8.55. The van der Waals surface area contributed by atoms with Crippen LogP contribution < -0.4 is 5.73 Å². The molecule has 1 aliphatic carbocycles. The summed E-state index contributed by atoms with van der Waals surface area (Å²) < 4.78 is 54.4. The van der Waals surface area contributed by atoms with Crippen molar-refractivity contribution in [2.24, 2.45) is 11.7 Å². The lowest BCUT2D eigenvalue weighted by atomic mass is 9.80. The molecule has 2 N–H and O–H groups in total. The van der Waals surface area contributed by atoms with Crippen LogP contribution in [0.4, 0.5) is 8.78 Å². The van der Waals surface area contributed by atoms with Gasteiger partial charge < -0.3 is 5.73 Å². The number of nitrogens with zero attached hydrogens (tertiary/aromatic N) is 2. The van der Waals surface area contributed by atoms with Crippen LogP contribution in [0.1, 0.15) is 32.1 Å². The minimum absolute atomic E-state index is 0.100. The fourth-order valence-corrected chi connectivity index (χ4v) is 6.02. The molecule has 2 aliphatic heterocycles. The molecule has 0 amide bonds. The van der Waals surface area contributed by atoms with Crippen molar-refractivity contribution < 1.29 is 17.2 Å². The third-order valence-corrected chi connectivity index (χ3v) is 7.05. The largest absolute Gasteiger partial charge is 0.329 e. The van der Waals surface area contributed by atoms with Crippen LogP contribution in [-0.2, 0) is 10.2 Å². The summed E-state index contributed by atoms with van der Waals surface area (Å²) in [6.45, 7) is -0.0944. The summed E-state index contributed by atoms with van der Waals surface area (Å²) >= 11 is 0. The van der Waals surface area contributed by atoms with Gasteiger partial charge in [-0.25, -0.2) is 8.78 Å². The topological polar surface area (TPSA) is 66.6 Å². The second-order valence-corrected chi connectivity index (χ2v) is 8.22. The number of fused-ring (bicyclic) bond motifs is 2. The van der Waals surface area contributed by atoms with Crippen molar-refractivity contribution in [1.82, 2.24) is 8.61 Å². The third-order valence-electron chi connectivity index (χ3n) is 5.00. The van der Waals surface area contributed by atoms with E-state index in [9.17, 15) is 17.2 Å². The number of hydrogen-bond donors (Lipinski definition) is 1. The molecule has 20 heavy (non-hydrogen) atoms. The number of nitrogens with two attached hydrogens (primary N) is 1. The Balaban J connectivity index is 1.88. The third kappa shape index (κ3) is 2.17. The molecule has 2 unspecified atom stereocenters. The Morgan fingerprint density at radius 3 is 2.65 bits per heavy atom. The summed E-state index contributed by atoms with van der Waals surface area (Å²) in [5, 5.41) is 0. The van der Waals surface area contributed by atoms with Gasteiger partial charge in [0.05, 0.1) is 6.54 Å². The first-order valence-electron chi connectivity index (χ1n) is 7.15. The number of alkyl halides is 2. The van der Waals surface area contributed by atoms with Gasteiger partial charge in [-0.15, -0.1) is 0 Å². The smallest absolute Gasteiger partial charge is 0.282 e. The molecule has 2 bridgehead atoms. The standard InChI is InChI=1S/C12H21F2N3O2S/c13-12(14)4-5-16(9-12)20(18,19)17-7-10-2-1-3-11(17,6-10)8-15/h10H,1-9,15H2. The van der Waals surface area contributed by atoms with Crippen LogP contribution in [0.15, 0.2) is 0 Å². The van der Waals surface area contributed by atoms with Crippen LogP contribution in [-0.4, -0.2) is 54.7 Å². The predicted molar refractivity (Wildman–Crippen MR) is 70.5 cm³/mol. The highest BCUT2D eigenvalue weighted by atomic mass is 32.2. The Morgan fingerprint density at radius 1 is 1.30 bits per heavy atom. The molecule has 2 heterocycles. The molecule has 3 rings (SSSR count). The zero-order valence-corrected chi connectivity index (χ0v) is 12.2. The monoisotopic (exact) mass is 309 g/mol. The highest BCUT2D eigenvalue weighted by molar-refractivity contribution is 7.86. The van der Waals surface area contributed by atoms with Crippen LogP contribution in [0.3, 0.4) is 0 Å². The van der Waals surface area contributed by atoms with Crippen LogP contribution >= 0.6 is 0 Å². The van der Waals surface area contributed by atoms with E-state index < -0.39 is 28.2 Å². The molecule has 0 spiro atoms. The quantitative estimate of drug-likeness (QED) is 0.837. The molecular weight excluding hydrogens is 288 g/mol. The van der Waals surface area contributed by atoms with Gasteiger partial charge in [0, 0.05) is 31.6 Å². The zero-order chi connectivity index (χ0) is 14.6. The van der Waals surface area contributed by atoms with Gasteiger partial charge in [-0.3, -0.25) is 0 Å². The van der Waals surface area contributed by atoms with Crippen molar-refractivity contribution in [2.45, 2.75) is 43.6 Å². The fourth-order valence-electron chi connectivity index (χ4n) is 3.94. The Morgan fingerprint density at radius 2 is 2.05 bits per heavy atom. The van der Waals surface area contributed by atoms with Crippen LogP contribution in [0.25, 0.3) is 0 Å². The Hall–Kier alpha value is -0.310. The molecular formula is C12H21F2N3O2S. The van der Waals surface area contributed by atoms with Crippen molar-refractivity contribution in [3.8, 4) is 0 Å². The average molecular weight is 309 g/mol. The van der Waals surface area contributed by atoms with E-state index >= 15 is 0 Å². The predicted octanol–water partition coefficient (Wildman–Crippen LogP) is 0.775. The van der Waals surface area contributed by atoms with E-state index in [-0.39, 0.29) is 19.5 Å². The number of halogens is 2. The summed E-state index contributed by atoms with van der Waals surface area (Å²) in [5.41, 5.74) is 5.30. The minimum atomic E-state index is -3.83. The SMILES string of the molecule is NCC12CCCC(CN1S(=O)(=O)N1CCC(F)(F)C1)C2. The lowest BCUT2D eigenvalue weighted by Gasteiger charge is -2.39. The fraction of sp³-hybridized carbons (Fsp3) is 1.00. The lowest BCUT2D eigenvalue weighted by molar-refractivity contribution is 0.0177. The molecule has 116 valence electrons. The molecule has 2 atom stereocenters. The molecule has 0 radical (unpaired) electrons. The van der Waals surface area contributed by atoms with Crippen molar-refractivity contribution in [1.29, 1.82) is 0 Å². The molecule has 1 saturated carbocycles. The minimum Gasteiger partial charge on any atom is -0.329 e. The van der Waals surface area contributed by atoms with E-state index in [0.717, 1.165) is 30.0 Å². The molecule has 3 fully saturated rings. The lowest BCUT2D eigenvalue weighted by Crippen LogP contribution is -2.56. The van der Waals surface area contributed by atoms with E-state index in [1.165, 1.54) is 4.31 Å². The van der Waals surface area contributed by atoms with Crippen molar-refractivity contribution in [2.75, 3.05) is 26.2 Å². The van der Waals surface area contributed by atoms with E-state index in [1.807, 2.05) is 0 Å². The van der Waals surface area contributed by atoms with E-state index in [4.69, 9.17) is 5.73 Å². The molecule has 0 aromatic heterocycles. The molecule has 2 saturated heterocycles. The molecule has 8 heteroatoms. The van der Waals surface area contributed by atoms with Gasteiger partial charge in [0.15, 0.2) is 0 Å². The maximum Gasteiger partial charge on any atom is 0.282 e. The second kappa shape index (κ2) is 4.59. The van der Waals surface area contributed by atoms with Crippen LogP contribution in [0.2, 0.25) is 0 Å². The van der Waals surface area contributed by atoms with E-state index in [1.54, 1.807) is 0 Å². The summed E-state index contributed by atoms with van der Waals surface area (Å²) in [6.07, 6.45) is 3.09. The maximum atomic E-state index is 13.3. The van der Waals surface area contributed by atoms with Gasteiger partial charge >= 0.3 is 0 Å². The second-order valence-electron chi connectivity index (χ2n) is 6.37. The first kappa shape index (κ1) is 14.6. The van der Waals surface area contributed by atoms with Gasteiger partial charge in [-0.05, 0) is 25.2 Å². The Kier molecular flexibility index (Phi) is 3.36. The summed E-state index contributed by atoms with van der Waals surface area (Å²) in [7, 11) is -3.83. The van der Waals surface area contributed by atoms with Crippen molar-refractivity contribution in [3.05, 3.63) is 0 Å². The number of hydrogen-bond acceptors (Lipinski definition) is 3. The van der Waals surface area contributed by atoms with E-state index in [0.29, 0.717) is 12.5 Å². The van der Waals surface area contributed by atoms with Crippen molar-refractivity contribution in [3.63, 3.8) is 0 Å². The number of rotatable bonds is 3. The normalized spacial score (nSPS) is 38.5. The molecule has 5 nitrogen and oxygen atoms in total. The maximum absolute atomic E-state index is 13.3. The zero-order valence-electron chi connectivity index (χ0n) is 11.4. The van der Waals surface area contributed by atoms with E-state index in [2.05, 4.69) is 0 Å². The summed E-state index contributed by atoms with van der Waals surface area (Å²) in [5.74, 6) is -2.58. The van der Waals surface area contributed by atoms with Crippen LogP contribution in [0, 0.1) is 5.92 Å². The van der Waals surface area contributed by atoms with Gasteiger partial charge in [-0.2, -0.15) is 17.0 Å². The highest BCUT2D eigenvalue weighted by Crippen LogP contribution is 2.46. The van der Waals surface area contributed by atoms with Gasteiger partial charge in [0.25, 0.3) is 16.1 Å². The summed E-state index contributed by atoms with van der Waals surface area (Å²) in [4.78, 5) is 0. The van der Waals surface area contributed by atoms with Gasteiger partial charge in [-0.1, -0.05) is 6.42 Å². The average Bonchev–Trinajstić information content (AvgIpc) is 2.88. The first-order chi connectivity index (χ1) is 9.29. The highest BCUT2D eigenvalue weighted by Gasteiger charge is 2.55. The van der Waals surface area contributed by atoms with Gasteiger partial charge in [0.2, 0.25) is 0 Å². The molecule has 0 aromatic rings.